The normalized spacial score (nSPS) is 20.1. The molecule has 1 aliphatic heterocycles. The van der Waals surface area contributed by atoms with Crippen LogP contribution in [0.1, 0.15) is 19.0 Å². The first-order valence-corrected chi connectivity index (χ1v) is 6.31. The molecule has 1 aromatic rings. The average Bonchev–Trinajstić information content (AvgIpc) is 2.66. The third-order valence-corrected chi connectivity index (χ3v) is 3.44. The molecule has 0 bridgehead atoms. The monoisotopic (exact) mass is 282 g/mol. The van der Waals surface area contributed by atoms with Crippen LogP contribution in [0.3, 0.4) is 0 Å². The fourth-order valence-electron chi connectivity index (χ4n) is 2.15. The number of rotatable bonds is 2. The van der Waals surface area contributed by atoms with Gasteiger partial charge in [0.2, 0.25) is 5.91 Å². The van der Waals surface area contributed by atoms with E-state index in [0.29, 0.717) is 5.92 Å². The lowest BCUT2D eigenvalue weighted by Gasteiger charge is -2.13. The fraction of sp³-hybridized carbons (Fsp3) is 0.500. The quantitative estimate of drug-likeness (QED) is 0.780. The molecule has 2 heterocycles. The number of likely N-dealkylation sites (tertiary alicyclic amines) is 1. The molecule has 0 N–H and O–H groups in total. The standard InChI is InChI=1S/C12H15BrN2O/c1-9(16)15-6-5-10(8-15)7-11-3-2-4-12(13)14-11/h2-4,10H,5-8H2,1H3. The summed E-state index contributed by atoms with van der Waals surface area (Å²) in [7, 11) is 0. The van der Waals surface area contributed by atoms with Crippen molar-refractivity contribution in [2.75, 3.05) is 13.1 Å². The Bertz CT molecular complexity index is 394. The predicted octanol–water partition coefficient (Wildman–Crippen LogP) is 2.26. The maximum Gasteiger partial charge on any atom is 0.219 e. The van der Waals surface area contributed by atoms with Crippen molar-refractivity contribution >= 4 is 21.8 Å². The van der Waals surface area contributed by atoms with E-state index < -0.39 is 0 Å². The van der Waals surface area contributed by atoms with Gasteiger partial charge in [0.1, 0.15) is 4.60 Å². The van der Waals surface area contributed by atoms with Crippen molar-refractivity contribution in [3.8, 4) is 0 Å². The minimum atomic E-state index is 0.185. The molecule has 4 heteroatoms. The summed E-state index contributed by atoms with van der Waals surface area (Å²) in [6, 6.07) is 5.98. The van der Waals surface area contributed by atoms with E-state index in [1.807, 2.05) is 23.1 Å². The summed E-state index contributed by atoms with van der Waals surface area (Å²) >= 11 is 3.37. The smallest absolute Gasteiger partial charge is 0.219 e. The molecule has 0 saturated carbocycles. The molecule has 1 atom stereocenters. The van der Waals surface area contributed by atoms with Crippen LogP contribution in [0.2, 0.25) is 0 Å². The molecule has 16 heavy (non-hydrogen) atoms. The molecular weight excluding hydrogens is 268 g/mol. The Kier molecular flexibility index (Phi) is 3.59. The Morgan fingerprint density at radius 3 is 3.06 bits per heavy atom. The highest BCUT2D eigenvalue weighted by atomic mass is 79.9. The number of halogens is 1. The molecule has 0 spiro atoms. The lowest BCUT2D eigenvalue weighted by Crippen LogP contribution is -2.26. The average molecular weight is 283 g/mol. The number of pyridine rings is 1. The van der Waals surface area contributed by atoms with Crippen LogP contribution in [-0.4, -0.2) is 28.9 Å². The molecule has 86 valence electrons. The molecular formula is C12H15BrN2O. The van der Waals surface area contributed by atoms with Crippen molar-refractivity contribution < 1.29 is 4.79 Å². The second-order valence-electron chi connectivity index (χ2n) is 4.28. The third-order valence-electron chi connectivity index (χ3n) is 3.00. The summed E-state index contributed by atoms with van der Waals surface area (Å²) < 4.78 is 0.881. The largest absolute Gasteiger partial charge is 0.343 e. The number of carbonyl (C=O) groups excluding carboxylic acids is 1. The Morgan fingerprint density at radius 1 is 1.62 bits per heavy atom. The van der Waals surface area contributed by atoms with Gasteiger partial charge in [-0.15, -0.1) is 0 Å². The van der Waals surface area contributed by atoms with Gasteiger partial charge in [0.15, 0.2) is 0 Å². The van der Waals surface area contributed by atoms with E-state index in [-0.39, 0.29) is 5.91 Å². The lowest BCUT2D eigenvalue weighted by atomic mass is 10.0. The predicted molar refractivity (Wildman–Crippen MR) is 66.0 cm³/mol. The summed E-state index contributed by atoms with van der Waals surface area (Å²) in [6.45, 7) is 3.41. The molecule has 1 unspecified atom stereocenters. The van der Waals surface area contributed by atoms with Crippen LogP contribution in [0.5, 0.6) is 0 Å². The lowest BCUT2D eigenvalue weighted by molar-refractivity contribution is -0.127. The van der Waals surface area contributed by atoms with Crippen LogP contribution < -0.4 is 0 Å². The van der Waals surface area contributed by atoms with Crippen molar-refractivity contribution in [3.63, 3.8) is 0 Å². The molecule has 1 amide bonds. The van der Waals surface area contributed by atoms with Crippen molar-refractivity contribution in [3.05, 3.63) is 28.5 Å². The first-order chi connectivity index (χ1) is 7.65. The maximum absolute atomic E-state index is 11.2. The van der Waals surface area contributed by atoms with E-state index in [0.717, 1.165) is 36.2 Å². The van der Waals surface area contributed by atoms with Crippen molar-refractivity contribution in [1.29, 1.82) is 0 Å². The van der Waals surface area contributed by atoms with E-state index in [1.165, 1.54) is 0 Å². The van der Waals surface area contributed by atoms with E-state index in [2.05, 4.69) is 20.9 Å². The van der Waals surface area contributed by atoms with Gasteiger partial charge in [0, 0.05) is 25.7 Å². The topological polar surface area (TPSA) is 33.2 Å². The van der Waals surface area contributed by atoms with Gasteiger partial charge in [-0.25, -0.2) is 4.98 Å². The van der Waals surface area contributed by atoms with Gasteiger partial charge in [-0.3, -0.25) is 4.79 Å². The number of aromatic nitrogens is 1. The maximum atomic E-state index is 11.2. The van der Waals surface area contributed by atoms with E-state index in [4.69, 9.17) is 0 Å². The van der Waals surface area contributed by atoms with Gasteiger partial charge in [-0.05, 0) is 46.8 Å². The Hall–Kier alpha value is -0.900. The minimum absolute atomic E-state index is 0.185. The van der Waals surface area contributed by atoms with Crippen molar-refractivity contribution in [2.24, 2.45) is 5.92 Å². The second-order valence-corrected chi connectivity index (χ2v) is 5.09. The highest BCUT2D eigenvalue weighted by Crippen LogP contribution is 2.20. The van der Waals surface area contributed by atoms with Crippen LogP contribution in [0, 0.1) is 5.92 Å². The summed E-state index contributed by atoms with van der Waals surface area (Å²) in [5.41, 5.74) is 1.10. The van der Waals surface area contributed by atoms with Gasteiger partial charge in [0.05, 0.1) is 0 Å². The van der Waals surface area contributed by atoms with Crippen molar-refractivity contribution in [2.45, 2.75) is 19.8 Å². The highest BCUT2D eigenvalue weighted by Gasteiger charge is 2.24. The van der Waals surface area contributed by atoms with Gasteiger partial charge >= 0.3 is 0 Å². The molecule has 1 fully saturated rings. The summed E-state index contributed by atoms with van der Waals surface area (Å²) in [5, 5.41) is 0. The third kappa shape index (κ3) is 2.82. The van der Waals surface area contributed by atoms with Crippen LogP contribution >= 0.6 is 15.9 Å². The van der Waals surface area contributed by atoms with Gasteiger partial charge < -0.3 is 4.90 Å². The molecule has 1 aromatic heterocycles. The molecule has 0 aliphatic carbocycles. The summed E-state index contributed by atoms with van der Waals surface area (Å²) in [4.78, 5) is 17.5. The summed E-state index contributed by atoms with van der Waals surface area (Å²) in [5.74, 6) is 0.746. The first-order valence-electron chi connectivity index (χ1n) is 5.52. The van der Waals surface area contributed by atoms with Crippen molar-refractivity contribution in [1.82, 2.24) is 9.88 Å². The molecule has 2 rings (SSSR count). The number of amides is 1. The number of nitrogens with zero attached hydrogens (tertiary/aromatic N) is 2. The van der Waals surface area contributed by atoms with E-state index >= 15 is 0 Å². The Balaban J connectivity index is 1.94. The Morgan fingerprint density at radius 2 is 2.44 bits per heavy atom. The van der Waals surface area contributed by atoms with Crippen LogP contribution in [-0.2, 0) is 11.2 Å². The molecule has 1 saturated heterocycles. The van der Waals surface area contributed by atoms with Gasteiger partial charge in [-0.1, -0.05) is 6.07 Å². The molecule has 0 aromatic carbocycles. The number of carbonyl (C=O) groups is 1. The van der Waals surface area contributed by atoms with E-state index in [9.17, 15) is 4.79 Å². The van der Waals surface area contributed by atoms with Gasteiger partial charge in [-0.2, -0.15) is 0 Å². The van der Waals surface area contributed by atoms with Crippen LogP contribution in [0.15, 0.2) is 22.8 Å². The highest BCUT2D eigenvalue weighted by molar-refractivity contribution is 9.10. The molecule has 1 aliphatic rings. The minimum Gasteiger partial charge on any atom is -0.343 e. The Labute approximate surface area is 104 Å². The van der Waals surface area contributed by atoms with E-state index in [1.54, 1.807) is 6.92 Å². The molecule has 3 nitrogen and oxygen atoms in total. The second kappa shape index (κ2) is 4.95. The van der Waals surface area contributed by atoms with Gasteiger partial charge in [0.25, 0.3) is 0 Å². The first kappa shape index (κ1) is 11.6. The molecule has 0 radical (unpaired) electrons. The van der Waals surface area contributed by atoms with Crippen LogP contribution in [0.4, 0.5) is 0 Å². The number of hydrogen-bond acceptors (Lipinski definition) is 2. The summed E-state index contributed by atoms with van der Waals surface area (Å²) in [6.07, 6.45) is 2.05. The zero-order chi connectivity index (χ0) is 11.5. The zero-order valence-electron chi connectivity index (χ0n) is 9.32. The van der Waals surface area contributed by atoms with Crippen LogP contribution in [0.25, 0.3) is 0 Å². The fourth-order valence-corrected chi connectivity index (χ4v) is 2.53. The number of hydrogen-bond donors (Lipinski definition) is 0. The SMILES string of the molecule is CC(=O)N1CCC(Cc2cccc(Br)n2)C1. The zero-order valence-corrected chi connectivity index (χ0v) is 10.9.